The van der Waals surface area contributed by atoms with Crippen molar-refractivity contribution in [1.82, 2.24) is 0 Å². The van der Waals surface area contributed by atoms with Crippen molar-refractivity contribution >= 4 is 8.32 Å². The molecule has 1 aliphatic rings. The van der Waals surface area contributed by atoms with Gasteiger partial charge in [0.2, 0.25) is 0 Å². The van der Waals surface area contributed by atoms with E-state index in [-0.39, 0.29) is 30.1 Å². The van der Waals surface area contributed by atoms with Gasteiger partial charge in [-0.2, -0.15) is 0 Å². The highest BCUT2D eigenvalue weighted by molar-refractivity contribution is 6.74. The van der Waals surface area contributed by atoms with Crippen LogP contribution in [0.1, 0.15) is 60.8 Å². The van der Waals surface area contributed by atoms with E-state index in [2.05, 4.69) is 40.4 Å². The van der Waals surface area contributed by atoms with Crippen molar-refractivity contribution in [3.05, 3.63) is 12.2 Å². The largest absolute Gasteiger partial charge is 0.414 e. The Morgan fingerprint density at radius 3 is 2.30 bits per heavy atom. The van der Waals surface area contributed by atoms with Gasteiger partial charge in [-0.1, -0.05) is 26.3 Å². The molecule has 5 nitrogen and oxygen atoms in total. The van der Waals surface area contributed by atoms with E-state index in [4.69, 9.17) is 23.4 Å². The van der Waals surface area contributed by atoms with Crippen molar-refractivity contribution in [3.63, 3.8) is 0 Å². The zero-order valence-corrected chi connectivity index (χ0v) is 20.0. The first-order valence-corrected chi connectivity index (χ1v) is 12.9. The van der Waals surface area contributed by atoms with Crippen LogP contribution in [0.2, 0.25) is 18.1 Å². The van der Waals surface area contributed by atoms with E-state index in [0.717, 1.165) is 24.8 Å². The summed E-state index contributed by atoms with van der Waals surface area (Å²) in [6.07, 6.45) is 2.49. The summed E-state index contributed by atoms with van der Waals surface area (Å²) in [4.78, 5) is 0. The van der Waals surface area contributed by atoms with Crippen LogP contribution in [0.5, 0.6) is 0 Å². The zero-order valence-electron chi connectivity index (χ0n) is 19.0. The third kappa shape index (κ3) is 8.34. The molecule has 0 spiro atoms. The van der Waals surface area contributed by atoms with Gasteiger partial charge in [0.1, 0.15) is 6.79 Å². The number of hydrogen-bond donors (Lipinski definition) is 0. The predicted molar refractivity (Wildman–Crippen MR) is 112 cm³/mol. The second-order valence-electron chi connectivity index (χ2n) is 9.71. The highest BCUT2D eigenvalue weighted by Gasteiger charge is 2.43. The molecular formula is C21H42O5Si. The molecular weight excluding hydrogens is 360 g/mol. The van der Waals surface area contributed by atoms with Crippen molar-refractivity contribution in [2.45, 2.75) is 103 Å². The van der Waals surface area contributed by atoms with E-state index in [0.29, 0.717) is 6.61 Å². The fraction of sp³-hybridized carbons (Fsp3) is 0.905. The quantitative estimate of drug-likeness (QED) is 0.268. The molecule has 6 heteroatoms. The van der Waals surface area contributed by atoms with Crippen molar-refractivity contribution < 1.29 is 23.4 Å². The third-order valence-corrected chi connectivity index (χ3v) is 9.99. The molecule has 0 aromatic heterocycles. The van der Waals surface area contributed by atoms with Crippen molar-refractivity contribution in [1.29, 1.82) is 0 Å². The Bertz CT molecular complexity index is 470. The van der Waals surface area contributed by atoms with Crippen LogP contribution < -0.4 is 0 Å². The van der Waals surface area contributed by atoms with Crippen LogP contribution >= 0.6 is 0 Å². The summed E-state index contributed by atoms with van der Waals surface area (Å²) in [6, 6.07) is 0. The van der Waals surface area contributed by atoms with Gasteiger partial charge in [-0.15, -0.1) is 6.58 Å². The maximum atomic E-state index is 6.40. The lowest BCUT2D eigenvalue weighted by atomic mass is 10.0. The average molecular weight is 403 g/mol. The molecule has 0 saturated carbocycles. The summed E-state index contributed by atoms with van der Waals surface area (Å²) in [5.41, 5.74) is 1.16. The first kappa shape index (κ1) is 24.8. The molecule has 0 unspecified atom stereocenters. The van der Waals surface area contributed by atoms with Gasteiger partial charge in [0.25, 0.3) is 0 Å². The number of ether oxygens (including phenoxy) is 4. The molecule has 0 N–H and O–H groups in total. The van der Waals surface area contributed by atoms with Crippen LogP contribution in [0.25, 0.3) is 0 Å². The van der Waals surface area contributed by atoms with E-state index in [9.17, 15) is 0 Å². The smallest absolute Gasteiger partial charge is 0.192 e. The first-order chi connectivity index (χ1) is 12.3. The van der Waals surface area contributed by atoms with Gasteiger partial charge in [0.15, 0.2) is 14.1 Å². The van der Waals surface area contributed by atoms with Gasteiger partial charge < -0.3 is 23.4 Å². The topological polar surface area (TPSA) is 46.2 Å². The second kappa shape index (κ2) is 9.99. The molecule has 1 saturated heterocycles. The van der Waals surface area contributed by atoms with Crippen LogP contribution in [0.4, 0.5) is 0 Å². The molecule has 3 atom stereocenters. The molecule has 0 aromatic carbocycles. The zero-order chi connectivity index (χ0) is 20.9. The highest BCUT2D eigenvalue weighted by atomic mass is 28.4. The standard InChI is InChI=1S/C21H42O5Si/c1-16(2)11-12-18-19(26-21(6,7)25-18)13-17(23-15-22-8)14-24-27(9,10)20(3,4)5/h17-19H,1,11-15H2,2-10H3/t17-,18+,19-/m0/s1. The summed E-state index contributed by atoms with van der Waals surface area (Å²) < 4.78 is 29.8. The Balaban J connectivity index is 2.76. The van der Waals surface area contributed by atoms with E-state index in [1.165, 1.54) is 0 Å². The lowest BCUT2D eigenvalue weighted by Gasteiger charge is -2.37. The molecule has 0 aliphatic carbocycles. The SMILES string of the molecule is C=C(C)CC[C@H]1OC(C)(C)O[C@H]1C[C@@H](CO[Si](C)(C)C(C)(C)C)OCOC. The number of allylic oxidation sites excluding steroid dienone is 1. The molecule has 1 fully saturated rings. The summed E-state index contributed by atoms with van der Waals surface area (Å²) in [6.45, 7) is 22.0. The van der Waals surface area contributed by atoms with Gasteiger partial charge in [0, 0.05) is 13.5 Å². The minimum Gasteiger partial charge on any atom is -0.414 e. The van der Waals surface area contributed by atoms with Crippen molar-refractivity contribution in [2.75, 3.05) is 20.5 Å². The number of methoxy groups -OCH3 is 1. The molecule has 1 aliphatic heterocycles. The lowest BCUT2D eigenvalue weighted by molar-refractivity contribution is -0.153. The van der Waals surface area contributed by atoms with Crippen LogP contribution in [0.3, 0.4) is 0 Å². The van der Waals surface area contributed by atoms with E-state index >= 15 is 0 Å². The van der Waals surface area contributed by atoms with Gasteiger partial charge in [-0.25, -0.2) is 0 Å². The van der Waals surface area contributed by atoms with Crippen LogP contribution in [0, 0.1) is 0 Å². The van der Waals surface area contributed by atoms with Crippen molar-refractivity contribution in [2.24, 2.45) is 0 Å². The van der Waals surface area contributed by atoms with Crippen LogP contribution in [-0.4, -0.2) is 52.9 Å². The predicted octanol–water partition coefficient (Wildman–Crippen LogP) is 5.26. The molecule has 0 bridgehead atoms. The fourth-order valence-electron chi connectivity index (χ4n) is 2.87. The molecule has 160 valence electrons. The van der Waals surface area contributed by atoms with E-state index in [1.54, 1.807) is 7.11 Å². The summed E-state index contributed by atoms with van der Waals surface area (Å²) in [7, 11) is -0.204. The maximum absolute atomic E-state index is 6.40. The Kier molecular flexibility index (Phi) is 9.17. The second-order valence-corrected chi connectivity index (χ2v) is 14.5. The Labute approximate surface area is 167 Å². The minimum atomic E-state index is -1.84. The first-order valence-electron chi connectivity index (χ1n) is 10.0. The van der Waals surface area contributed by atoms with E-state index in [1.807, 2.05) is 20.8 Å². The fourth-order valence-corrected chi connectivity index (χ4v) is 3.90. The summed E-state index contributed by atoms with van der Waals surface area (Å²) in [5, 5.41) is 0.164. The lowest BCUT2D eigenvalue weighted by Crippen LogP contribution is -2.44. The molecule has 0 amide bonds. The van der Waals surface area contributed by atoms with Gasteiger partial charge in [-0.05, 0) is 51.7 Å². The Hall–Kier alpha value is -0.243. The maximum Gasteiger partial charge on any atom is 0.192 e. The van der Waals surface area contributed by atoms with Crippen molar-refractivity contribution in [3.8, 4) is 0 Å². The molecule has 1 rings (SSSR count). The third-order valence-electron chi connectivity index (χ3n) is 5.49. The van der Waals surface area contributed by atoms with Gasteiger partial charge in [0.05, 0.1) is 24.9 Å². The Morgan fingerprint density at radius 1 is 1.19 bits per heavy atom. The monoisotopic (exact) mass is 402 g/mol. The van der Waals surface area contributed by atoms with E-state index < -0.39 is 14.1 Å². The Morgan fingerprint density at radius 2 is 1.78 bits per heavy atom. The van der Waals surface area contributed by atoms with Crippen LogP contribution in [0.15, 0.2) is 12.2 Å². The molecule has 27 heavy (non-hydrogen) atoms. The van der Waals surface area contributed by atoms with Crippen LogP contribution in [-0.2, 0) is 23.4 Å². The minimum absolute atomic E-state index is 0.0239. The number of rotatable bonds is 11. The van der Waals surface area contributed by atoms with Gasteiger partial charge >= 0.3 is 0 Å². The van der Waals surface area contributed by atoms with Gasteiger partial charge in [-0.3, -0.25) is 0 Å². The highest BCUT2D eigenvalue weighted by Crippen LogP contribution is 2.37. The molecule has 0 radical (unpaired) electrons. The molecule has 0 aromatic rings. The summed E-state index contributed by atoms with van der Waals surface area (Å²) in [5.74, 6) is -0.573. The molecule has 1 heterocycles. The average Bonchev–Trinajstić information content (AvgIpc) is 2.80. The number of hydrogen-bond acceptors (Lipinski definition) is 5. The normalized spacial score (nSPS) is 24.2. The summed E-state index contributed by atoms with van der Waals surface area (Å²) >= 11 is 0.